The maximum atomic E-state index is 14.2. The molecule has 0 N–H and O–H groups in total. The van der Waals surface area contributed by atoms with E-state index in [1.54, 1.807) is 29.3 Å². The predicted molar refractivity (Wildman–Crippen MR) is 111 cm³/mol. The highest BCUT2D eigenvalue weighted by Gasteiger charge is 2.30. The van der Waals surface area contributed by atoms with Gasteiger partial charge in [0.1, 0.15) is 0 Å². The normalized spacial score (nSPS) is 16.0. The predicted octanol–water partition coefficient (Wildman–Crippen LogP) is 4.34. The first-order chi connectivity index (χ1) is 14.5. The Morgan fingerprint density at radius 2 is 2.10 bits per heavy atom. The molecule has 150 valence electrons. The summed E-state index contributed by atoms with van der Waals surface area (Å²) in [6.07, 6.45) is 5.28. The zero-order valence-electron chi connectivity index (χ0n) is 16.1. The maximum absolute atomic E-state index is 14.2. The number of halogens is 2. The Hall–Kier alpha value is -3.32. The van der Waals surface area contributed by atoms with Gasteiger partial charge in [-0.3, -0.25) is 4.79 Å². The lowest BCUT2D eigenvalue weighted by Crippen LogP contribution is -2.39. The van der Waals surface area contributed by atoms with Gasteiger partial charge in [-0.2, -0.15) is 9.49 Å². The van der Waals surface area contributed by atoms with Crippen molar-refractivity contribution >= 4 is 23.2 Å². The van der Waals surface area contributed by atoms with Crippen LogP contribution in [0.15, 0.2) is 55.0 Å². The van der Waals surface area contributed by atoms with Gasteiger partial charge >= 0.3 is 0 Å². The van der Waals surface area contributed by atoms with Crippen LogP contribution in [0.2, 0.25) is 5.02 Å². The van der Waals surface area contributed by atoms with Crippen molar-refractivity contribution < 1.29 is 9.18 Å². The first-order valence-corrected chi connectivity index (χ1v) is 9.94. The molecular formula is C22H17ClFN5O. The molecule has 1 atom stereocenters. The molecule has 1 aliphatic rings. The number of nitrogens with zero attached hydrogens (tertiary/aromatic N) is 5. The van der Waals surface area contributed by atoms with E-state index in [0.29, 0.717) is 28.5 Å². The number of amides is 1. The third kappa shape index (κ3) is 3.11. The average molecular weight is 422 g/mol. The molecule has 0 saturated heterocycles. The Bertz CT molecular complexity index is 1290. The maximum Gasteiger partial charge on any atom is 0.274 e. The van der Waals surface area contributed by atoms with Crippen LogP contribution < -0.4 is 0 Å². The topological polar surface area (TPSA) is 63.4 Å². The Kier molecular flexibility index (Phi) is 4.47. The van der Waals surface area contributed by atoms with Crippen LogP contribution in [0.3, 0.4) is 0 Å². The molecule has 1 aliphatic heterocycles. The van der Waals surface area contributed by atoms with Crippen molar-refractivity contribution in [3.8, 4) is 11.1 Å². The van der Waals surface area contributed by atoms with Gasteiger partial charge in [0.2, 0.25) is 5.95 Å². The van der Waals surface area contributed by atoms with Crippen LogP contribution >= 0.6 is 11.6 Å². The van der Waals surface area contributed by atoms with Gasteiger partial charge in [-0.1, -0.05) is 23.7 Å². The highest BCUT2D eigenvalue weighted by atomic mass is 35.5. The summed E-state index contributed by atoms with van der Waals surface area (Å²) in [5.41, 5.74) is 4.21. The molecule has 0 saturated carbocycles. The summed E-state index contributed by atoms with van der Waals surface area (Å²) >= 11 is 5.96. The summed E-state index contributed by atoms with van der Waals surface area (Å²) in [5, 5.41) is 4.78. The van der Waals surface area contributed by atoms with Crippen LogP contribution in [0, 0.1) is 5.95 Å². The van der Waals surface area contributed by atoms with E-state index in [4.69, 9.17) is 11.6 Å². The molecule has 0 fully saturated rings. The highest BCUT2D eigenvalue weighted by Crippen LogP contribution is 2.34. The van der Waals surface area contributed by atoms with Crippen molar-refractivity contribution in [1.82, 2.24) is 24.5 Å². The van der Waals surface area contributed by atoms with Crippen molar-refractivity contribution in [1.29, 1.82) is 0 Å². The van der Waals surface area contributed by atoms with Gasteiger partial charge in [-0.25, -0.2) is 14.5 Å². The molecule has 3 aromatic heterocycles. The average Bonchev–Trinajstić information content (AvgIpc) is 3.17. The number of aromatic nitrogens is 4. The van der Waals surface area contributed by atoms with Crippen molar-refractivity contribution in [3.05, 3.63) is 82.8 Å². The minimum atomic E-state index is -0.510. The Morgan fingerprint density at radius 1 is 1.23 bits per heavy atom. The summed E-state index contributed by atoms with van der Waals surface area (Å²) in [5.74, 6) is -0.683. The monoisotopic (exact) mass is 421 g/mol. The first kappa shape index (κ1) is 18.7. The molecule has 1 amide bonds. The Labute approximate surface area is 177 Å². The number of carbonyl (C=O) groups is 1. The third-order valence-electron chi connectivity index (χ3n) is 5.52. The van der Waals surface area contributed by atoms with Crippen LogP contribution in [-0.4, -0.2) is 36.9 Å². The SMILES string of the molecule is CC1c2cc(-c3cccnc3F)ccc2CCN1C(=O)c1cc2ncc(Cl)cn2n1. The summed E-state index contributed by atoms with van der Waals surface area (Å²) in [6, 6.07) is 10.7. The fraction of sp³-hybridized carbons (Fsp3) is 0.182. The van der Waals surface area contributed by atoms with Gasteiger partial charge in [0.25, 0.3) is 5.91 Å². The lowest BCUT2D eigenvalue weighted by molar-refractivity contribution is 0.0671. The van der Waals surface area contributed by atoms with E-state index in [-0.39, 0.29) is 11.9 Å². The molecule has 5 rings (SSSR count). The lowest BCUT2D eigenvalue weighted by atomic mass is 9.90. The summed E-state index contributed by atoms with van der Waals surface area (Å²) in [7, 11) is 0. The number of hydrogen-bond acceptors (Lipinski definition) is 4. The molecule has 4 aromatic rings. The van der Waals surface area contributed by atoms with E-state index in [1.807, 2.05) is 25.1 Å². The second kappa shape index (κ2) is 7.18. The zero-order chi connectivity index (χ0) is 20.8. The fourth-order valence-electron chi connectivity index (χ4n) is 3.97. The molecule has 0 aliphatic carbocycles. The van der Waals surface area contributed by atoms with Crippen LogP contribution in [-0.2, 0) is 6.42 Å². The Balaban J connectivity index is 1.49. The summed E-state index contributed by atoms with van der Waals surface area (Å²) in [6.45, 7) is 2.56. The molecule has 1 unspecified atom stereocenters. The van der Waals surface area contributed by atoms with Gasteiger partial charge in [0.15, 0.2) is 11.3 Å². The molecule has 0 bridgehead atoms. The minimum absolute atomic E-state index is 0.173. The second-order valence-corrected chi connectivity index (χ2v) is 7.72. The van der Waals surface area contributed by atoms with Crippen molar-refractivity contribution in [3.63, 3.8) is 0 Å². The number of carbonyl (C=O) groups excluding carboxylic acids is 1. The van der Waals surface area contributed by atoms with E-state index >= 15 is 0 Å². The highest BCUT2D eigenvalue weighted by molar-refractivity contribution is 6.30. The zero-order valence-corrected chi connectivity index (χ0v) is 16.8. The third-order valence-corrected chi connectivity index (χ3v) is 5.71. The lowest BCUT2D eigenvalue weighted by Gasteiger charge is -2.35. The van der Waals surface area contributed by atoms with E-state index in [1.165, 1.54) is 16.9 Å². The molecule has 0 radical (unpaired) electrons. The van der Waals surface area contributed by atoms with E-state index in [0.717, 1.165) is 23.1 Å². The molecule has 1 aromatic carbocycles. The van der Waals surface area contributed by atoms with Gasteiger partial charge in [0.05, 0.1) is 17.3 Å². The van der Waals surface area contributed by atoms with Crippen molar-refractivity contribution in [2.24, 2.45) is 0 Å². The van der Waals surface area contributed by atoms with Crippen molar-refractivity contribution in [2.45, 2.75) is 19.4 Å². The van der Waals surface area contributed by atoms with Gasteiger partial charge in [0, 0.05) is 30.6 Å². The molecule has 4 heterocycles. The quantitative estimate of drug-likeness (QED) is 0.451. The van der Waals surface area contributed by atoms with E-state index < -0.39 is 5.95 Å². The first-order valence-electron chi connectivity index (χ1n) is 9.57. The second-order valence-electron chi connectivity index (χ2n) is 7.28. The minimum Gasteiger partial charge on any atom is -0.330 e. The number of pyridine rings is 1. The van der Waals surface area contributed by atoms with E-state index in [9.17, 15) is 9.18 Å². The van der Waals surface area contributed by atoms with Gasteiger partial charge in [-0.15, -0.1) is 0 Å². The van der Waals surface area contributed by atoms with Gasteiger partial charge in [-0.05, 0) is 48.2 Å². The van der Waals surface area contributed by atoms with Gasteiger partial charge < -0.3 is 4.90 Å². The molecule has 0 spiro atoms. The van der Waals surface area contributed by atoms with E-state index in [2.05, 4.69) is 15.1 Å². The summed E-state index contributed by atoms with van der Waals surface area (Å²) < 4.78 is 15.7. The Morgan fingerprint density at radius 3 is 2.93 bits per heavy atom. The summed E-state index contributed by atoms with van der Waals surface area (Å²) in [4.78, 5) is 22.9. The van der Waals surface area contributed by atoms with Crippen LogP contribution in [0.25, 0.3) is 16.8 Å². The number of benzene rings is 1. The number of fused-ring (bicyclic) bond motifs is 2. The number of hydrogen-bond donors (Lipinski definition) is 0. The number of rotatable bonds is 2. The molecule has 8 heteroatoms. The molecule has 6 nitrogen and oxygen atoms in total. The van der Waals surface area contributed by atoms with Crippen LogP contribution in [0.4, 0.5) is 4.39 Å². The standard InChI is InChI=1S/C22H17ClFN5O/c1-13-18-9-15(17-3-2-7-25-21(17)24)5-4-14(18)6-8-28(13)22(30)19-10-20-26-11-16(23)12-29(20)27-19/h2-5,7,9-13H,6,8H2,1H3. The molecule has 30 heavy (non-hydrogen) atoms. The van der Waals surface area contributed by atoms with Crippen molar-refractivity contribution in [2.75, 3.05) is 6.54 Å². The van der Waals surface area contributed by atoms with Crippen LogP contribution in [0.5, 0.6) is 0 Å². The van der Waals surface area contributed by atoms with Crippen LogP contribution in [0.1, 0.15) is 34.6 Å². The largest absolute Gasteiger partial charge is 0.330 e. The smallest absolute Gasteiger partial charge is 0.274 e. The fourth-order valence-corrected chi connectivity index (χ4v) is 4.11. The molecular weight excluding hydrogens is 405 g/mol.